The first-order valence-electron chi connectivity index (χ1n) is 5.38. The number of nitrogens with zero attached hydrogens (tertiary/aromatic N) is 1. The fourth-order valence-corrected chi connectivity index (χ4v) is 1.40. The Bertz CT molecular complexity index is 486. The van der Waals surface area contributed by atoms with Crippen molar-refractivity contribution in [3.8, 4) is 6.07 Å². The summed E-state index contributed by atoms with van der Waals surface area (Å²) in [5.41, 5.74) is 0.855. The smallest absolute Gasteiger partial charge is 0.338 e. The molecule has 0 bridgehead atoms. The van der Waals surface area contributed by atoms with Gasteiger partial charge in [-0.05, 0) is 25.1 Å². The van der Waals surface area contributed by atoms with Crippen LogP contribution in [-0.4, -0.2) is 18.4 Å². The average Bonchev–Trinajstić information content (AvgIpc) is 2.37. The van der Waals surface area contributed by atoms with Gasteiger partial charge in [-0.3, -0.25) is 4.79 Å². The van der Waals surface area contributed by atoms with E-state index in [0.29, 0.717) is 12.0 Å². The predicted molar refractivity (Wildman–Crippen MR) is 61.7 cm³/mol. The minimum atomic E-state index is -0.484. The molecule has 1 rings (SSSR count). The van der Waals surface area contributed by atoms with Gasteiger partial charge in [0.1, 0.15) is 0 Å². The summed E-state index contributed by atoms with van der Waals surface area (Å²) in [5.74, 6) is -0.644. The molecule has 0 fully saturated rings. The first kappa shape index (κ1) is 12.9. The zero-order chi connectivity index (χ0) is 12.8. The third kappa shape index (κ3) is 2.91. The van der Waals surface area contributed by atoms with Gasteiger partial charge in [0.25, 0.3) is 0 Å². The van der Waals surface area contributed by atoms with E-state index in [4.69, 9.17) is 10.00 Å². The van der Waals surface area contributed by atoms with Gasteiger partial charge in [-0.25, -0.2) is 4.79 Å². The van der Waals surface area contributed by atoms with Crippen molar-refractivity contribution < 1.29 is 14.3 Å². The molecule has 0 heterocycles. The molecule has 0 N–H and O–H groups in total. The lowest BCUT2D eigenvalue weighted by Crippen LogP contribution is -2.08. The lowest BCUT2D eigenvalue weighted by Gasteiger charge is -2.05. The van der Waals surface area contributed by atoms with Gasteiger partial charge in [0.15, 0.2) is 5.78 Å². The third-order valence-corrected chi connectivity index (χ3v) is 2.27. The van der Waals surface area contributed by atoms with Crippen LogP contribution in [0.1, 0.15) is 46.5 Å². The summed E-state index contributed by atoms with van der Waals surface area (Å²) in [6.07, 6.45) is 0.293. The largest absolute Gasteiger partial charge is 0.462 e. The van der Waals surface area contributed by atoms with Gasteiger partial charge in [0.2, 0.25) is 0 Å². The van der Waals surface area contributed by atoms with Crippen LogP contribution < -0.4 is 0 Å². The van der Waals surface area contributed by atoms with Gasteiger partial charge in [-0.2, -0.15) is 5.26 Å². The number of Topliss-reactive ketones (excluding diaryl/α,β-unsaturated/α-hetero) is 1. The summed E-state index contributed by atoms with van der Waals surface area (Å²) in [6, 6.07) is 6.31. The maximum Gasteiger partial charge on any atom is 0.338 e. The number of hydrogen-bond donors (Lipinski definition) is 0. The molecule has 17 heavy (non-hydrogen) atoms. The second kappa shape index (κ2) is 5.80. The van der Waals surface area contributed by atoms with Gasteiger partial charge in [0, 0.05) is 12.0 Å². The molecule has 0 amide bonds. The van der Waals surface area contributed by atoms with Crippen LogP contribution in [0, 0.1) is 11.3 Å². The monoisotopic (exact) mass is 231 g/mol. The molecule has 0 unspecified atom stereocenters. The summed E-state index contributed by atoms with van der Waals surface area (Å²) in [4.78, 5) is 23.1. The van der Waals surface area contributed by atoms with Crippen LogP contribution in [0.3, 0.4) is 0 Å². The highest BCUT2D eigenvalue weighted by Gasteiger charge is 2.14. The molecule has 0 aliphatic rings. The lowest BCUT2D eigenvalue weighted by atomic mass is 10.00. The van der Waals surface area contributed by atoms with Crippen molar-refractivity contribution in [3.05, 3.63) is 34.9 Å². The Kier molecular flexibility index (Phi) is 4.41. The Morgan fingerprint density at radius 2 is 2.06 bits per heavy atom. The molecule has 4 nitrogen and oxygen atoms in total. The van der Waals surface area contributed by atoms with Gasteiger partial charge in [0.05, 0.1) is 23.8 Å². The van der Waals surface area contributed by atoms with Crippen molar-refractivity contribution in [1.29, 1.82) is 5.26 Å². The minimum Gasteiger partial charge on any atom is -0.462 e. The molecule has 0 spiro atoms. The number of ketones is 1. The van der Waals surface area contributed by atoms with E-state index in [1.165, 1.54) is 18.2 Å². The minimum absolute atomic E-state index is 0.160. The Hall–Kier alpha value is -2.15. The van der Waals surface area contributed by atoms with Gasteiger partial charge >= 0.3 is 5.97 Å². The first-order chi connectivity index (χ1) is 8.13. The van der Waals surface area contributed by atoms with E-state index in [-0.39, 0.29) is 23.5 Å². The molecule has 0 saturated heterocycles. The molecule has 0 atom stereocenters. The Balaban J connectivity index is 3.19. The third-order valence-electron chi connectivity index (χ3n) is 2.27. The molecule has 88 valence electrons. The van der Waals surface area contributed by atoms with Crippen LogP contribution >= 0.6 is 0 Å². The Morgan fingerprint density at radius 1 is 1.35 bits per heavy atom. The summed E-state index contributed by atoms with van der Waals surface area (Å²) in [7, 11) is 0. The molecule has 0 aliphatic heterocycles. The number of benzene rings is 1. The molecular weight excluding hydrogens is 218 g/mol. The fraction of sp³-hybridized carbons (Fsp3) is 0.308. The summed E-state index contributed by atoms with van der Waals surface area (Å²) in [6.45, 7) is 3.69. The zero-order valence-corrected chi connectivity index (χ0v) is 9.82. The van der Waals surface area contributed by atoms with Crippen LogP contribution in [0.25, 0.3) is 0 Å². The molecule has 0 aromatic heterocycles. The molecule has 0 aliphatic carbocycles. The molecule has 4 heteroatoms. The van der Waals surface area contributed by atoms with Crippen molar-refractivity contribution >= 4 is 11.8 Å². The van der Waals surface area contributed by atoms with Crippen LogP contribution in [0.15, 0.2) is 18.2 Å². The zero-order valence-electron chi connectivity index (χ0n) is 9.82. The van der Waals surface area contributed by atoms with E-state index < -0.39 is 5.97 Å². The van der Waals surface area contributed by atoms with E-state index in [0.717, 1.165) is 0 Å². The number of hydrogen-bond acceptors (Lipinski definition) is 4. The molecule has 1 aromatic rings. The SMILES string of the molecule is CCOC(=O)c1ccc(C#N)c(C(=O)CC)c1. The summed E-state index contributed by atoms with van der Waals surface area (Å²) < 4.78 is 4.84. The number of ether oxygens (including phenoxy) is 1. The van der Waals surface area contributed by atoms with Gasteiger partial charge < -0.3 is 4.74 Å². The number of carbonyl (C=O) groups is 2. The average molecular weight is 231 g/mol. The van der Waals surface area contributed by atoms with Gasteiger partial charge in [-0.15, -0.1) is 0 Å². The normalized spacial score (nSPS) is 9.47. The van der Waals surface area contributed by atoms with Crippen molar-refractivity contribution in [1.82, 2.24) is 0 Å². The topological polar surface area (TPSA) is 67.2 Å². The van der Waals surface area contributed by atoms with Crippen molar-refractivity contribution in [3.63, 3.8) is 0 Å². The van der Waals surface area contributed by atoms with Crippen molar-refractivity contribution in [2.75, 3.05) is 6.61 Å². The predicted octanol–water partition coefficient (Wildman–Crippen LogP) is 2.33. The maximum atomic E-state index is 11.6. The molecular formula is C13H13NO3. The Labute approximate surface area is 99.8 Å². The second-order valence-corrected chi connectivity index (χ2v) is 3.37. The quantitative estimate of drug-likeness (QED) is 0.589. The van der Waals surface area contributed by atoms with E-state index in [2.05, 4.69) is 0 Å². The molecule has 0 saturated carbocycles. The number of carbonyl (C=O) groups excluding carboxylic acids is 2. The highest BCUT2D eigenvalue weighted by Crippen LogP contribution is 2.14. The molecule has 0 radical (unpaired) electrons. The molecule has 1 aromatic carbocycles. The van der Waals surface area contributed by atoms with Crippen LogP contribution in [0.5, 0.6) is 0 Å². The number of nitriles is 1. The van der Waals surface area contributed by atoms with Crippen LogP contribution in [0.2, 0.25) is 0 Å². The highest BCUT2D eigenvalue weighted by atomic mass is 16.5. The number of rotatable bonds is 4. The van der Waals surface area contributed by atoms with Crippen LogP contribution in [-0.2, 0) is 4.74 Å². The van der Waals surface area contributed by atoms with E-state index in [1.807, 2.05) is 6.07 Å². The van der Waals surface area contributed by atoms with Crippen LogP contribution in [0.4, 0.5) is 0 Å². The van der Waals surface area contributed by atoms with Gasteiger partial charge in [-0.1, -0.05) is 6.92 Å². The Morgan fingerprint density at radius 3 is 2.59 bits per heavy atom. The lowest BCUT2D eigenvalue weighted by molar-refractivity contribution is 0.0526. The van der Waals surface area contributed by atoms with E-state index in [1.54, 1.807) is 13.8 Å². The summed E-state index contributed by atoms with van der Waals surface area (Å²) >= 11 is 0. The van der Waals surface area contributed by atoms with E-state index >= 15 is 0 Å². The standard InChI is InChI=1S/C13H13NO3/c1-3-12(15)11-7-9(13(16)17-4-2)5-6-10(11)8-14/h5-7H,3-4H2,1-2H3. The number of esters is 1. The summed E-state index contributed by atoms with van der Waals surface area (Å²) in [5, 5.41) is 8.88. The second-order valence-electron chi connectivity index (χ2n) is 3.37. The fourth-order valence-electron chi connectivity index (χ4n) is 1.40. The van der Waals surface area contributed by atoms with Crippen molar-refractivity contribution in [2.45, 2.75) is 20.3 Å². The van der Waals surface area contributed by atoms with Crippen molar-refractivity contribution in [2.24, 2.45) is 0 Å². The van der Waals surface area contributed by atoms with E-state index in [9.17, 15) is 9.59 Å². The first-order valence-corrected chi connectivity index (χ1v) is 5.38. The highest BCUT2D eigenvalue weighted by molar-refractivity contribution is 6.01. The maximum absolute atomic E-state index is 11.6.